The molecule has 0 atom stereocenters. The van der Waals surface area contributed by atoms with Gasteiger partial charge in [-0.05, 0) is 37.3 Å². The molecule has 0 amide bonds. The summed E-state index contributed by atoms with van der Waals surface area (Å²) in [5, 5.41) is 0. The summed E-state index contributed by atoms with van der Waals surface area (Å²) in [6, 6.07) is 8.41. The second-order valence-corrected chi connectivity index (χ2v) is 8.12. The first-order valence-corrected chi connectivity index (χ1v) is 10.2. The molecule has 0 aliphatic rings. The summed E-state index contributed by atoms with van der Waals surface area (Å²) in [4.78, 5) is 19.6. The molecule has 3 aromatic heterocycles. The first kappa shape index (κ1) is 19.6. The predicted molar refractivity (Wildman–Crippen MR) is 107 cm³/mol. The smallest absolute Gasteiger partial charge is 0.264 e. The molecular weight excluding hydrogens is 414 g/mol. The Morgan fingerprint density at radius 2 is 1.80 bits per heavy atom. The van der Waals surface area contributed by atoms with Crippen LogP contribution in [0.4, 0.5) is 14.5 Å². The summed E-state index contributed by atoms with van der Waals surface area (Å²) in [5.41, 5.74) is 1.78. The summed E-state index contributed by atoms with van der Waals surface area (Å²) in [5.74, 6) is -2.09. The van der Waals surface area contributed by atoms with Crippen LogP contribution in [0.2, 0.25) is 0 Å². The summed E-state index contributed by atoms with van der Waals surface area (Å²) in [6.07, 6.45) is 4.50. The van der Waals surface area contributed by atoms with E-state index < -0.39 is 26.6 Å². The van der Waals surface area contributed by atoms with E-state index in [9.17, 15) is 22.0 Å². The molecule has 0 saturated carbocycles. The van der Waals surface area contributed by atoms with Crippen LogP contribution in [0.3, 0.4) is 0 Å². The average molecular weight is 428 g/mol. The molecule has 1 aromatic carbocycles. The fraction of sp³-hybridized carbons (Fsp3) is 0.0500. The van der Waals surface area contributed by atoms with Gasteiger partial charge in [0.2, 0.25) is 0 Å². The average Bonchev–Trinajstić information content (AvgIpc) is 2.69. The highest BCUT2D eigenvalue weighted by atomic mass is 32.2. The molecule has 0 saturated heterocycles. The standard InChI is InChI=1S/C20H14F2N4O3S/c1-12-17(25-30(28,29)18-4-3-15(21)9-16(18)22)8-14(10-24-12)13-2-5-19-23-7-6-20(27)26(19)11-13/h2-11,25H,1H3. The van der Waals surface area contributed by atoms with Crippen LogP contribution in [-0.2, 0) is 10.0 Å². The minimum absolute atomic E-state index is 0.120. The number of fused-ring (bicyclic) bond motifs is 1. The maximum Gasteiger partial charge on any atom is 0.264 e. The third kappa shape index (κ3) is 3.64. The number of aryl methyl sites for hydroxylation is 1. The van der Waals surface area contributed by atoms with Crippen LogP contribution < -0.4 is 10.3 Å². The molecule has 1 N–H and O–H groups in total. The third-order valence-electron chi connectivity index (χ3n) is 4.44. The summed E-state index contributed by atoms with van der Waals surface area (Å²) >= 11 is 0. The van der Waals surface area contributed by atoms with Gasteiger partial charge < -0.3 is 0 Å². The number of pyridine rings is 2. The van der Waals surface area contributed by atoms with E-state index in [-0.39, 0.29) is 11.2 Å². The van der Waals surface area contributed by atoms with Crippen LogP contribution in [0, 0.1) is 18.6 Å². The molecule has 0 aliphatic heterocycles. The molecule has 0 radical (unpaired) electrons. The van der Waals surface area contributed by atoms with Gasteiger partial charge in [0.05, 0.1) is 11.4 Å². The lowest BCUT2D eigenvalue weighted by molar-refractivity contribution is 0.551. The van der Waals surface area contributed by atoms with Crippen LogP contribution in [-0.4, -0.2) is 22.8 Å². The summed E-state index contributed by atoms with van der Waals surface area (Å²) in [7, 11) is -4.32. The molecule has 10 heteroatoms. The zero-order valence-corrected chi connectivity index (χ0v) is 16.3. The number of halogens is 2. The molecule has 0 aliphatic carbocycles. The number of sulfonamides is 1. The van der Waals surface area contributed by atoms with E-state index in [1.165, 1.54) is 28.9 Å². The van der Waals surface area contributed by atoms with Crippen molar-refractivity contribution < 1.29 is 17.2 Å². The van der Waals surface area contributed by atoms with Crippen molar-refractivity contribution in [1.82, 2.24) is 14.4 Å². The van der Waals surface area contributed by atoms with Gasteiger partial charge in [0.1, 0.15) is 22.2 Å². The van der Waals surface area contributed by atoms with Gasteiger partial charge in [-0.15, -0.1) is 0 Å². The van der Waals surface area contributed by atoms with Crippen LogP contribution in [0.15, 0.2) is 70.7 Å². The van der Waals surface area contributed by atoms with Crippen LogP contribution >= 0.6 is 0 Å². The Balaban J connectivity index is 1.75. The highest BCUT2D eigenvalue weighted by Crippen LogP contribution is 2.26. The lowest BCUT2D eigenvalue weighted by Gasteiger charge is -2.13. The van der Waals surface area contributed by atoms with Gasteiger partial charge in [0.25, 0.3) is 15.6 Å². The van der Waals surface area contributed by atoms with Gasteiger partial charge in [0, 0.05) is 41.9 Å². The maximum absolute atomic E-state index is 14.0. The molecule has 0 spiro atoms. The minimum atomic E-state index is -4.32. The second-order valence-electron chi connectivity index (χ2n) is 6.47. The topological polar surface area (TPSA) is 93.4 Å². The lowest BCUT2D eigenvalue weighted by Crippen LogP contribution is -2.16. The predicted octanol–water partition coefficient (Wildman–Crippen LogP) is 3.14. The first-order valence-electron chi connectivity index (χ1n) is 8.67. The number of aromatic nitrogens is 3. The highest BCUT2D eigenvalue weighted by Gasteiger charge is 2.21. The maximum atomic E-state index is 14.0. The molecular formula is C20H14F2N4O3S. The Labute approximate surface area is 169 Å². The monoisotopic (exact) mass is 428 g/mol. The van der Waals surface area contributed by atoms with Crippen LogP contribution in [0.25, 0.3) is 16.8 Å². The van der Waals surface area contributed by atoms with Crippen LogP contribution in [0.5, 0.6) is 0 Å². The van der Waals surface area contributed by atoms with Gasteiger partial charge in [0.15, 0.2) is 0 Å². The molecule has 0 unspecified atom stereocenters. The number of benzene rings is 1. The number of hydrogen-bond donors (Lipinski definition) is 1. The zero-order valence-electron chi connectivity index (χ0n) is 15.5. The molecule has 0 fully saturated rings. The van der Waals surface area contributed by atoms with Crippen molar-refractivity contribution >= 4 is 21.4 Å². The molecule has 152 valence electrons. The number of anilines is 1. The number of nitrogens with zero attached hydrogens (tertiary/aromatic N) is 3. The van der Waals surface area contributed by atoms with E-state index in [2.05, 4.69) is 14.7 Å². The van der Waals surface area contributed by atoms with Gasteiger partial charge in [-0.25, -0.2) is 22.2 Å². The highest BCUT2D eigenvalue weighted by molar-refractivity contribution is 7.92. The van der Waals surface area contributed by atoms with Crippen molar-refractivity contribution in [2.75, 3.05) is 4.72 Å². The van der Waals surface area contributed by atoms with Crippen molar-refractivity contribution in [3.05, 3.63) is 88.7 Å². The number of nitrogens with one attached hydrogen (secondary N) is 1. The van der Waals surface area contributed by atoms with Crippen molar-refractivity contribution in [3.63, 3.8) is 0 Å². The number of hydrogen-bond acceptors (Lipinski definition) is 5. The molecule has 4 rings (SSSR count). The Bertz CT molecular complexity index is 1450. The lowest BCUT2D eigenvalue weighted by atomic mass is 10.1. The van der Waals surface area contributed by atoms with Gasteiger partial charge in [-0.2, -0.15) is 0 Å². The Morgan fingerprint density at radius 1 is 1.00 bits per heavy atom. The van der Waals surface area contributed by atoms with Gasteiger partial charge >= 0.3 is 0 Å². The van der Waals surface area contributed by atoms with Crippen molar-refractivity contribution in [3.8, 4) is 11.1 Å². The van der Waals surface area contributed by atoms with Crippen LogP contribution in [0.1, 0.15) is 5.69 Å². The second kappa shape index (κ2) is 7.30. The van der Waals surface area contributed by atoms with Gasteiger partial charge in [-0.3, -0.25) is 18.9 Å². The molecule has 0 bridgehead atoms. The van der Waals surface area contributed by atoms with Crippen molar-refractivity contribution in [2.45, 2.75) is 11.8 Å². The van der Waals surface area contributed by atoms with E-state index in [0.717, 1.165) is 12.1 Å². The molecule has 30 heavy (non-hydrogen) atoms. The third-order valence-corrected chi connectivity index (χ3v) is 5.84. The van der Waals surface area contributed by atoms with E-state index in [1.54, 1.807) is 25.3 Å². The fourth-order valence-electron chi connectivity index (χ4n) is 2.89. The largest absolute Gasteiger partial charge is 0.278 e. The van der Waals surface area contributed by atoms with Gasteiger partial charge in [-0.1, -0.05) is 0 Å². The molecule has 3 heterocycles. The van der Waals surface area contributed by atoms with E-state index in [0.29, 0.717) is 28.5 Å². The first-order chi connectivity index (χ1) is 14.2. The summed E-state index contributed by atoms with van der Waals surface area (Å²) in [6.45, 7) is 1.58. The SMILES string of the molecule is Cc1ncc(-c2ccc3nccc(=O)n3c2)cc1NS(=O)(=O)c1ccc(F)cc1F. The van der Waals surface area contributed by atoms with Crippen molar-refractivity contribution in [1.29, 1.82) is 0 Å². The normalized spacial score (nSPS) is 11.6. The van der Waals surface area contributed by atoms with E-state index >= 15 is 0 Å². The Kier molecular flexibility index (Phi) is 4.78. The van der Waals surface area contributed by atoms with E-state index in [4.69, 9.17) is 0 Å². The molecule has 7 nitrogen and oxygen atoms in total. The Morgan fingerprint density at radius 3 is 2.57 bits per heavy atom. The Hall–Kier alpha value is -3.66. The summed E-state index contributed by atoms with van der Waals surface area (Å²) < 4.78 is 55.9. The van der Waals surface area contributed by atoms with Crippen molar-refractivity contribution in [2.24, 2.45) is 0 Å². The molecule has 4 aromatic rings. The fourth-order valence-corrected chi connectivity index (χ4v) is 4.06. The quantitative estimate of drug-likeness (QED) is 0.539. The zero-order chi connectivity index (χ0) is 21.5. The number of rotatable bonds is 4. The van der Waals surface area contributed by atoms with E-state index in [1.807, 2.05) is 0 Å². The minimum Gasteiger partial charge on any atom is -0.278 e.